The number of rotatable bonds is 7. The highest BCUT2D eigenvalue weighted by Crippen LogP contribution is 2.29. The number of ether oxygens (including phenoxy) is 2. The average Bonchev–Trinajstić information content (AvgIpc) is 2.60. The van der Waals surface area contributed by atoms with Crippen molar-refractivity contribution in [1.82, 2.24) is 0 Å². The van der Waals surface area contributed by atoms with Gasteiger partial charge in [0.15, 0.2) is 11.5 Å². The molecule has 0 bridgehead atoms. The first-order chi connectivity index (χ1) is 11.6. The van der Waals surface area contributed by atoms with Crippen LogP contribution in [0.15, 0.2) is 54.7 Å². The molecule has 24 heavy (non-hydrogen) atoms. The molecule has 2 rings (SSSR count). The van der Waals surface area contributed by atoms with Crippen LogP contribution >= 0.6 is 0 Å². The van der Waals surface area contributed by atoms with Gasteiger partial charge < -0.3 is 9.47 Å². The fourth-order valence-corrected chi connectivity index (χ4v) is 2.08. The Labute approximate surface area is 139 Å². The normalized spacial score (nSPS) is 10.5. The van der Waals surface area contributed by atoms with Crippen molar-refractivity contribution >= 4 is 12.0 Å². The van der Waals surface area contributed by atoms with E-state index in [2.05, 4.69) is 0 Å². The average molecular weight is 327 g/mol. The molecule has 6 nitrogen and oxygen atoms in total. The second-order valence-electron chi connectivity index (χ2n) is 4.97. The largest absolute Gasteiger partial charge is 0.493 e. The second kappa shape index (κ2) is 8.47. The number of benzene rings is 2. The molecule has 2 aromatic rings. The summed E-state index contributed by atoms with van der Waals surface area (Å²) < 4.78 is 10.5. The molecular weight excluding hydrogens is 310 g/mol. The minimum Gasteiger partial charge on any atom is -0.493 e. The molecule has 0 aliphatic heterocycles. The first kappa shape index (κ1) is 17.2. The van der Waals surface area contributed by atoms with Crippen molar-refractivity contribution in [3.63, 3.8) is 0 Å². The summed E-state index contributed by atoms with van der Waals surface area (Å²) in [5, 5.41) is 10.3. The van der Waals surface area contributed by atoms with Crippen molar-refractivity contribution in [3.05, 3.63) is 76.0 Å². The molecule has 0 aliphatic carbocycles. The van der Waals surface area contributed by atoms with Gasteiger partial charge in [-0.15, -0.1) is 0 Å². The van der Waals surface area contributed by atoms with Crippen LogP contribution < -0.4 is 9.47 Å². The molecular formula is C18H17NO5. The number of nitrogens with zero attached hydrogens (tertiary/aromatic N) is 1. The number of esters is 1. The van der Waals surface area contributed by atoms with Gasteiger partial charge in [0.25, 0.3) is 0 Å². The number of hydrogen-bond acceptors (Lipinski definition) is 5. The maximum Gasteiger partial charge on any atom is 0.311 e. The van der Waals surface area contributed by atoms with Crippen molar-refractivity contribution in [2.75, 3.05) is 7.11 Å². The summed E-state index contributed by atoms with van der Waals surface area (Å²) in [5.74, 6) is 0.258. The van der Waals surface area contributed by atoms with E-state index >= 15 is 0 Å². The Morgan fingerprint density at radius 2 is 1.92 bits per heavy atom. The maximum absolute atomic E-state index is 12.0. The van der Waals surface area contributed by atoms with Crippen LogP contribution in [0.25, 0.3) is 6.08 Å². The Morgan fingerprint density at radius 1 is 1.17 bits per heavy atom. The molecule has 6 heteroatoms. The van der Waals surface area contributed by atoms with Crippen molar-refractivity contribution < 1.29 is 19.2 Å². The Bertz CT molecular complexity index is 740. The van der Waals surface area contributed by atoms with Gasteiger partial charge in [-0.25, -0.2) is 0 Å². The van der Waals surface area contributed by atoms with Crippen LogP contribution in [0.1, 0.15) is 17.5 Å². The SMILES string of the molecule is COc1cc(C=C[N+](=O)[O-])ccc1OC(=O)CCc1ccccc1. The van der Waals surface area contributed by atoms with E-state index in [-0.39, 0.29) is 18.1 Å². The lowest BCUT2D eigenvalue weighted by molar-refractivity contribution is -0.400. The van der Waals surface area contributed by atoms with Gasteiger partial charge in [-0.2, -0.15) is 0 Å². The first-order valence-electron chi connectivity index (χ1n) is 7.33. The van der Waals surface area contributed by atoms with Crippen molar-refractivity contribution in [2.45, 2.75) is 12.8 Å². The number of carbonyl (C=O) groups excluding carboxylic acids is 1. The van der Waals surface area contributed by atoms with Crippen LogP contribution in [0.2, 0.25) is 0 Å². The Kier molecular flexibility index (Phi) is 6.08. The van der Waals surface area contributed by atoms with Gasteiger partial charge >= 0.3 is 5.97 Å². The molecule has 0 unspecified atom stereocenters. The van der Waals surface area contributed by atoms with E-state index in [9.17, 15) is 14.9 Å². The molecule has 0 amide bonds. The van der Waals surface area contributed by atoms with Gasteiger partial charge in [0.2, 0.25) is 6.20 Å². The van der Waals surface area contributed by atoms with Crippen LogP contribution in [0, 0.1) is 10.1 Å². The minimum atomic E-state index is -0.552. The Balaban J connectivity index is 2.00. The lowest BCUT2D eigenvalue weighted by atomic mass is 10.1. The summed E-state index contributed by atoms with van der Waals surface area (Å²) in [6.07, 6.45) is 3.01. The van der Waals surface area contributed by atoms with Gasteiger partial charge in [-0.3, -0.25) is 14.9 Å². The summed E-state index contributed by atoms with van der Waals surface area (Å²) in [4.78, 5) is 21.8. The monoisotopic (exact) mass is 327 g/mol. The highest BCUT2D eigenvalue weighted by atomic mass is 16.6. The standard InChI is InChI=1S/C18H17NO5/c1-23-17-13-15(11-12-19(21)22)7-9-16(17)24-18(20)10-8-14-5-3-2-4-6-14/h2-7,9,11-13H,8,10H2,1H3. The highest BCUT2D eigenvalue weighted by molar-refractivity contribution is 5.74. The van der Waals surface area contributed by atoms with E-state index in [0.29, 0.717) is 17.7 Å². The molecule has 0 aromatic heterocycles. The van der Waals surface area contributed by atoms with Crippen LogP contribution in [-0.4, -0.2) is 18.0 Å². The lowest BCUT2D eigenvalue weighted by Crippen LogP contribution is -2.09. The van der Waals surface area contributed by atoms with Crippen LogP contribution in [-0.2, 0) is 11.2 Å². The third kappa shape index (κ3) is 5.24. The van der Waals surface area contributed by atoms with Gasteiger partial charge in [0.1, 0.15) is 0 Å². The van der Waals surface area contributed by atoms with E-state index in [1.165, 1.54) is 13.2 Å². The van der Waals surface area contributed by atoms with Gasteiger partial charge in [0, 0.05) is 12.5 Å². The molecule has 0 saturated heterocycles. The zero-order valence-corrected chi connectivity index (χ0v) is 13.2. The molecule has 0 spiro atoms. The number of carbonyl (C=O) groups is 1. The maximum atomic E-state index is 12.0. The summed E-state index contributed by atoms with van der Waals surface area (Å²) in [5.41, 5.74) is 1.63. The minimum absolute atomic E-state index is 0.246. The third-order valence-electron chi connectivity index (χ3n) is 3.26. The van der Waals surface area contributed by atoms with E-state index in [4.69, 9.17) is 9.47 Å². The van der Waals surface area contributed by atoms with Crippen LogP contribution in [0.4, 0.5) is 0 Å². The molecule has 0 radical (unpaired) electrons. The first-order valence-corrected chi connectivity index (χ1v) is 7.33. The molecule has 124 valence electrons. The number of hydrogen-bond donors (Lipinski definition) is 0. The molecule has 0 saturated carbocycles. The summed E-state index contributed by atoms with van der Waals surface area (Å²) in [7, 11) is 1.44. The molecule has 0 heterocycles. The third-order valence-corrected chi connectivity index (χ3v) is 3.26. The fraction of sp³-hybridized carbons (Fsp3) is 0.167. The molecule has 0 fully saturated rings. The predicted octanol–water partition coefficient (Wildman–Crippen LogP) is 3.48. The van der Waals surface area contributed by atoms with E-state index in [0.717, 1.165) is 11.8 Å². The van der Waals surface area contributed by atoms with Gasteiger partial charge in [0.05, 0.1) is 12.0 Å². The fourth-order valence-electron chi connectivity index (χ4n) is 2.08. The molecule has 2 aromatic carbocycles. The smallest absolute Gasteiger partial charge is 0.311 e. The van der Waals surface area contributed by atoms with E-state index in [1.807, 2.05) is 30.3 Å². The Hall–Kier alpha value is -3.15. The summed E-state index contributed by atoms with van der Waals surface area (Å²) >= 11 is 0. The van der Waals surface area contributed by atoms with Gasteiger partial charge in [-0.1, -0.05) is 36.4 Å². The zero-order valence-electron chi connectivity index (χ0n) is 13.2. The molecule has 0 aliphatic rings. The number of aryl methyl sites for hydroxylation is 1. The summed E-state index contributed by atoms with van der Waals surface area (Å²) in [6, 6.07) is 14.4. The zero-order chi connectivity index (χ0) is 17.4. The van der Waals surface area contributed by atoms with Crippen molar-refractivity contribution in [3.8, 4) is 11.5 Å². The highest BCUT2D eigenvalue weighted by Gasteiger charge is 2.11. The molecule has 0 N–H and O–H groups in total. The van der Waals surface area contributed by atoms with Crippen LogP contribution in [0.3, 0.4) is 0 Å². The van der Waals surface area contributed by atoms with E-state index < -0.39 is 4.92 Å². The number of methoxy groups -OCH3 is 1. The van der Waals surface area contributed by atoms with Crippen LogP contribution in [0.5, 0.6) is 11.5 Å². The van der Waals surface area contributed by atoms with Crippen molar-refractivity contribution in [1.29, 1.82) is 0 Å². The summed E-state index contributed by atoms with van der Waals surface area (Å²) in [6.45, 7) is 0. The van der Waals surface area contributed by atoms with E-state index in [1.54, 1.807) is 18.2 Å². The van der Waals surface area contributed by atoms with Crippen molar-refractivity contribution in [2.24, 2.45) is 0 Å². The second-order valence-corrected chi connectivity index (χ2v) is 4.97. The molecule has 0 atom stereocenters. The Morgan fingerprint density at radius 3 is 2.58 bits per heavy atom. The number of nitro groups is 1. The quantitative estimate of drug-likeness (QED) is 0.337. The lowest BCUT2D eigenvalue weighted by Gasteiger charge is -2.10. The topological polar surface area (TPSA) is 78.7 Å². The van der Waals surface area contributed by atoms with Gasteiger partial charge in [-0.05, 0) is 29.7 Å². The predicted molar refractivity (Wildman–Crippen MR) is 89.4 cm³/mol.